The Balaban J connectivity index is 1.80. The molecule has 0 bridgehead atoms. The normalized spacial score (nSPS) is 11.9. The minimum atomic E-state index is -4.25. The van der Waals surface area contributed by atoms with Crippen LogP contribution in [0, 0.1) is 19.7 Å². The number of nitrogens with one attached hydrogen (secondary N) is 1. The molecule has 9 heteroatoms. The predicted octanol–water partition coefficient (Wildman–Crippen LogP) is 5.41. The third-order valence-corrected chi connectivity index (χ3v) is 9.01. The number of halogens is 1. The van der Waals surface area contributed by atoms with Gasteiger partial charge in [0.05, 0.1) is 10.6 Å². The second-order valence-electron chi connectivity index (χ2n) is 10.3. The standard InChI is InChI=1S/C34H36FN3O4S/c1-4-36-34(40)32(22-27-11-6-5-7-12-27)37(23-28-13-9-8-10-26(28)3)33(39)24-38(30-18-16-29(35)17-19-30)43(41,42)31-20-14-25(2)15-21-31/h5-21,32H,4,22-24H2,1-3H3,(H,36,40). The van der Waals surface area contributed by atoms with Gasteiger partial charge >= 0.3 is 0 Å². The fraction of sp³-hybridized carbons (Fsp3) is 0.235. The summed E-state index contributed by atoms with van der Waals surface area (Å²) in [7, 11) is -4.25. The molecule has 1 atom stereocenters. The topological polar surface area (TPSA) is 86.8 Å². The minimum Gasteiger partial charge on any atom is -0.355 e. The van der Waals surface area contributed by atoms with Gasteiger partial charge in [-0.25, -0.2) is 12.8 Å². The Bertz CT molecular complexity index is 1640. The van der Waals surface area contributed by atoms with Crippen LogP contribution < -0.4 is 9.62 Å². The van der Waals surface area contributed by atoms with Crippen molar-refractivity contribution in [3.63, 3.8) is 0 Å². The number of nitrogens with zero attached hydrogens (tertiary/aromatic N) is 2. The zero-order chi connectivity index (χ0) is 31.0. The molecule has 7 nitrogen and oxygen atoms in total. The molecule has 0 saturated heterocycles. The molecule has 0 aliphatic heterocycles. The molecule has 0 fully saturated rings. The van der Waals surface area contributed by atoms with Gasteiger partial charge in [-0.3, -0.25) is 13.9 Å². The molecule has 0 heterocycles. The minimum absolute atomic E-state index is 0.00904. The molecule has 0 spiro atoms. The highest BCUT2D eigenvalue weighted by molar-refractivity contribution is 7.92. The monoisotopic (exact) mass is 601 g/mol. The summed E-state index contributed by atoms with van der Waals surface area (Å²) in [5, 5.41) is 2.85. The summed E-state index contributed by atoms with van der Waals surface area (Å²) < 4.78 is 42.8. The largest absolute Gasteiger partial charge is 0.355 e. The first-order valence-corrected chi connectivity index (χ1v) is 15.5. The number of aryl methyl sites for hydroxylation is 2. The van der Waals surface area contributed by atoms with Crippen LogP contribution in [0.25, 0.3) is 0 Å². The number of carbonyl (C=O) groups is 2. The molecule has 4 aromatic carbocycles. The Kier molecular flexibility index (Phi) is 10.3. The van der Waals surface area contributed by atoms with E-state index in [-0.39, 0.29) is 29.5 Å². The van der Waals surface area contributed by atoms with Crippen LogP contribution in [0.1, 0.15) is 29.2 Å². The Morgan fingerprint density at radius 2 is 1.47 bits per heavy atom. The average Bonchev–Trinajstić information content (AvgIpc) is 3.00. The van der Waals surface area contributed by atoms with E-state index in [0.717, 1.165) is 38.7 Å². The smallest absolute Gasteiger partial charge is 0.264 e. The highest BCUT2D eigenvalue weighted by Gasteiger charge is 2.34. The number of hydrogen-bond donors (Lipinski definition) is 1. The molecule has 0 saturated carbocycles. The van der Waals surface area contributed by atoms with Crippen LogP contribution in [-0.4, -0.2) is 44.3 Å². The zero-order valence-corrected chi connectivity index (χ0v) is 25.4. The second-order valence-corrected chi connectivity index (χ2v) is 12.2. The third-order valence-electron chi connectivity index (χ3n) is 7.23. The Morgan fingerprint density at radius 1 is 0.837 bits per heavy atom. The van der Waals surface area contributed by atoms with Crippen molar-refractivity contribution in [3.05, 3.63) is 131 Å². The van der Waals surface area contributed by atoms with Gasteiger partial charge in [0.1, 0.15) is 18.4 Å². The van der Waals surface area contributed by atoms with E-state index in [1.54, 1.807) is 19.1 Å². The fourth-order valence-corrected chi connectivity index (χ4v) is 6.20. The first-order valence-electron chi connectivity index (χ1n) is 14.1. The summed E-state index contributed by atoms with van der Waals surface area (Å²) in [6.07, 6.45) is 0.228. The van der Waals surface area contributed by atoms with Gasteiger partial charge in [-0.15, -0.1) is 0 Å². The number of carbonyl (C=O) groups excluding carboxylic acids is 2. The van der Waals surface area contributed by atoms with E-state index in [1.807, 2.05) is 68.4 Å². The highest BCUT2D eigenvalue weighted by Crippen LogP contribution is 2.26. The van der Waals surface area contributed by atoms with Crippen molar-refractivity contribution in [1.29, 1.82) is 0 Å². The lowest BCUT2D eigenvalue weighted by atomic mass is 10.0. The quantitative estimate of drug-likeness (QED) is 0.235. The molecular formula is C34H36FN3O4S. The number of likely N-dealkylation sites (N-methyl/N-ethyl adjacent to an activating group) is 1. The van der Waals surface area contributed by atoms with Gasteiger partial charge in [-0.05, 0) is 73.9 Å². The van der Waals surface area contributed by atoms with Gasteiger partial charge in [0.15, 0.2) is 0 Å². The molecule has 2 amide bonds. The van der Waals surface area contributed by atoms with Gasteiger partial charge in [0.2, 0.25) is 11.8 Å². The molecular weight excluding hydrogens is 565 g/mol. The molecule has 1 unspecified atom stereocenters. The van der Waals surface area contributed by atoms with Crippen molar-refractivity contribution >= 4 is 27.5 Å². The lowest BCUT2D eigenvalue weighted by Crippen LogP contribution is -2.53. The maximum atomic E-state index is 14.3. The van der Waals surface area contributed by atoms with Gasteiger partial charge in [0, 0.05) is 19.5 Å². The zero-order valence-electron chi connectivity index (χ0n) is 24.5. The Labute approximate surface area is 253 Å². The maximum absolute atomic E-state index is 14.3. The molecule has 0 aliphatic rings. The van der Waals surface area contributed by atoms with E-state index in [1.165, 1.54) is 29.2 Å². The number of rotatable bonds is 12. The molecule has 43 heavy (non-hydrogen) atoms. The second kappa shape index (κ2) is 14.1. The average molecular weight is 602 g/mol. The van der Waals surface area contributed by atoms with Crippen molar-refractivity contribution in [2.45, 2.75) is 44.7 Å². The summed E-state index contributed by atoms with van der Waals surface area (Å²) in [6.45, 7) is 5.41. The van der Waals surface area contributed by atoms with Crippen LogP contribution in [0.4, 0.5) is 10.1 Å². The fourth-order valence-electron chi connectivity index (χ4n) is 4.79. The molecule has 1 N–H and O–H groups in total. The van der Waals surface area contributed by atoms with E-state index >= 15 is 0 Å². The van der Waals surface area contributed by atoms with Crippen LogP contribution >= 0.6 is 0 Å². The van der Waals surface area contributed by atoms with Crippen LogP contribution in [0.3, 0.4) is 0 Å². The van der Waals surface area contributed by atoms with Crippen molar-refractivity contribution < 1.29 is 22.4 Å². The highest BCUT2D eigenvalue weighted by atomic mass is 32.2. The van der Waals surface area contributed by atoms with Gasteiger partial charge in [0.25, 0.3) is 10.0 Å². The first-order chi connectivity index (χ1) is 20.6. The summed E-state index contributed by atoms with van der Waals surface area (Å²) in [4.78, 5) is 29.3. The summed E-state index contributed by atoms with van der Waals surface area (Å²) in [5.41, 5.74) is 3.61. The van der Waals surface area contributed by atoms with Crippen molar-refractivity contribution in [2.24, 2.45) is 0 Å². The third kappa shape index (κ3) is 7.87. The number of amides is 2. The number of anilines is 1. The number of hydrogen-bond acceptors (Lipinski definition) is 4. The van der Waals surface area contributed by atoms with E-state index in [0.29, 0.717) is 6.54 Å². The molecule has 4 aromatic rings. The molecule has 0 aromatic heterocycles. The van der Waals surface area contributed by atoms with Gasteiger partial charge in [-0.1, -0.05) is 72.3 Å². The van der Waals surface area contributed by atoms with Crippen LogP contribution in [-0.2, 0) is 32.6 Å². The van der Waals surface area contributed by atoms with Crippen LogP contribution in [0.2, 0.25) is 0 Å². The van der Waals surface area contributed by atoms with Crippen molar-refractivity contribution in [3.8, 4) is 0 Å². The van der Waals surface area contributed by atoms with E-state index < -0.39 is 34.3 Å². The summed E-state index contributed by atoms with van der Waals surface area (Å²) in [5.74, 6) is -1.46. The predicted molar refractivity (Wildman–Crippen MR) is 166 cm³/mol. The summed E-state index contributed by atoms with van der Waals surface area (Å²) in [6, 6.07) is 27.2. The Morgan fingerprint density at radius 3 is 2.09 bits per heavy atom. The van der Waals surface area contributed by atoms with Crippen LogP contribution in [0.15, 0.2) is 108 Å². The van der Waals surface area contributed by atoms with Crippen LogP contribution in [0.5, 0.6) is 0 Å². The summed E-state index contributed by atoms with van der Waals surface area (Å²) >= 11 is 0. The lowest BCUT2D eigenvalue weighted by molar-refractivity contribution is -0.140. The first kappa shape index (κ1) is 31.4. The van der Waals surface area contributed by atoms with Crippen molar-refractivity contribution in [2.75, 3.05) is 17.4 Å². The number of sulfonamides is 1. The molecule has 0 aliphatic carbocycles. The number of benzene rings is 4. The maximum Gasteiger partial charge on any atom is 0.264 e. The molecule has 0 radical (unpaired) electrons. The molecule has 224 valence electrons. The SMILES string of the molecule is CCNC(=O)C(Cc1ccccc1)N(Cc1ccccc1C)C(=O)CN(c1ccc(F)cc1)S(=O)(=O)c1ccc(C)cc1. The van der Waals surface area contributed by atoms with Crippen molar-refractivity contribution in [1.82, 2.24) is 10.2 Å². The van der Waals surface area contributed by atoms with E-state index in [4.69, 9.17) is 0 Å². The molecule has 4 rings (SSSR count). The van der Waals surface area contributed by atoms with Gasteiger partial charge in [-0.2, -0.15) is 0 Å². The lowest BCUT2D eigenvalue weighted by Gasteiger charge is -2.34. The van der Waals surface area contributed by atoms with E-state index in [2.05, 4.69) is 5.32 Å². The Hall–Kier alpha value is -4.50. The van der Waals surface area contributed by atoms with E-state index in [9.17, 15) is 22.4 Å². The van der Waals surface area contributed by atoms with Gasteiger partial charge < -0.3 is 10.2 Å².